The van der Waals surface area contributed by atoms with Crippen LogP contribution in [-0.2, 0) is 4.74 Å². The van der Waals surface area contributed by atoms with Crippen LogP contribution >= 0.6 is 23.7 Å². The predicted octanol–water partition coefficient (Wildman–Crippen LogP) is 3.63. The van der Waals surface area contributed by atoms with Crippen LogP contribution < -0.4 is 5.32 Å². The lowest BCUT2D eigenvalue weighted by atomic mass is 10.2. The number of anilines is 1. The Hall–Kier alpha value is -0.910. The lowest BCUT2D eigenvalue weighted by Crippen LogP contribution is -2.19. The first kappa shape index (κ1) is 15.5. The minimum atomic E-state index is 0. The highest BCUT2D eigenvalue weighted by atomic mass is 35.5. The van der Waals surface area contributed by atoms with E-state index in [9.17, 15) is 0 Å². The molecule has 0 aromatic carbocycles. The number of hydrogen-bond donors (Lipinski definition) is 1. The fourth-order valence-electron chi connectivity index (χ4n) is 2.50. The van der Waals surface area contributed by atoms with Gasteiger partial charge >= 0.3 is 0 Å². The largest absolute Gasteiger partial charge is 0.376 e. The molecule has 0 aliphatic carbocycles. The Morgan fingerprint density at radius 2 is 2.10 bits per heavy atom. The van der Waals surface area contributed by atoms with Crippen molar-refractivity contribution < 1.29 is 4.74 Å². The molecule has 1 aliphatic heterocycles. The third-order valence-electron chi connectivity index (χ3n) is 3.66. The Morgan fingerprint density at radius 1 is 1.30 bits per heavy atom. The van der Waals surface area contributed by atoms with Gasteiger partial charge in [-0.25, -0.2) is 9.97 Å². The van der Waals surface area contributed by atoms with Crippen molar-refractivity contribution in [2.75, 3.05) is 18.5 Å². The predicted molar refractivity (Wildman–Crippen MR) is 86.3 cm³/mol. The number of fused-ring (bicyclic) bond motifs is 1. The first-order valence-corrected chi connectivity index (χ1v) is 7.56. The molecule has 2 aromatic rings. The Bertz CT molecular complexity index is 608. The van der Waals surface area contributed by atoms with Crippen LogP contribution in [0.5, 0.6) is 0 Å². The normalized spacial score (nSPS) is 18.2. The molecule has 0 spiro atoms. The monoisotopic (exact) mass is 313 g/mol. The summed E-state index contributed by atoms with van der Waals surface area (Å²) in [5, 5.41) is 4.63. The number of ether oxygens (including phenoxy) is 1. The SMILES string of the molecule is Cc1nc(NCC2CCCO2)c2c(C)c(C)sc2n1.Cl. The van der Waals surface area contributed by atoms with E-state index in [-0.39, 0.29) is 12.4 Å². The maximum Gasteiger partial charge on any atom is 0.138 e. The maximum absolute atomic E-state index is 5.65. The van der Waals surface area contributed by atoms with Crippen LogP contribution in [0.3, 0.4) is 0 Å². The van der Waals surface area contributed by atoms with Crippen LogP contribution in [0.15, 0.2) is 0 Å². The fourth-order valence-corrected chi connectivity index (χ4v) is 3.57. The quantitative estimate of drug-likeness (QED) is 0.940. The zero-order chi connectivity index (χ0) is 13.4. The van der Waals surface area contributed by atoms with E-state index in [1.165, 1.54) is 22.2 Å². The van der Waals surface area contributed by atoms with Crippen LogP contribution in [0, 0.1) is 20.8 Å². The van der Waals surface area contributed by atoms with Gasteiger partial charge in [0.05, 0.1) is 11.5 Å². The molecule has 0 saturated carbocycles. The summed E-state index contributed by atoms with van der Waals surface area (Å²) in [4.78, 5) is 11.5. The second-order valence-corrected chi connectivity index (χ2v) is 6.30. The van der Waals surface area contributed by atoms with Crippen molar-refractivity contribution in [3.05, 3.63) is 16.3 Å². The van der Waals surface area contributed by atoms with Crippen LogP contribution in [0.25, 0.3) is 10.2 Å². The Kier molecular flexibility index (Phi) is 4.83. The van der Waals surface area contributed by atoms with Crippen molar-refractivity contribution >= 4 is 39.8 Å². The lowest BCUT2D eigenvalue weighted by molar-refractivity contribution is 0.120. The smallest absolute Gasteiger partial charge is 0.138 e. The molecule has 0 radical (unpaired) electrons. The zero-order valence-electron chi connectivity index (χ0n) is 12.0. The average molecular weight is 314 g/mol. The van der Waals surface area contributed by atoms with E-state index in [1.54, 1.807) is 11.3 Å². The molecule has 110 valence electrons. The number of aryl methyl sites for hydroxylation is 3. The number of aromatic nitrogens is 2. The third-order valence-corrected chi connectivity index (χ3v) is 4.76. The third kappa shape index (κ3) is 2.90. The fraction of sp³-hybridized carbons (Fsp3) is 0.571. The molecule has 4 nitrogen and oxygen atoms in total. The number of hydrogen-bond acceptors (Lipinski definition) is 5. The highest BCUT2D eigenvalue weighted by molar-refractivity contribution is 7.18. The molecular formula is C14H20ClN3OS. The van der Waals surface area contributed by atoms with Crippen molar-refractivity contribution in [1.29, 1.82) is 0 Å². The molecular weight excluding hydrogens is 294 g/mol. The summed E-state index contributed by atoms with van der Waals surface area (Å²) in [5.41, 5.74) is 1.29. The van der Waals surface area contributed by atoms with Gasteiger partial charge in [-0.05, 0) is 39.2 Å². The van der Waals surface area contributed by atoms with Crippen molar-refractivity contribution in [3.63, 3.8) is 0 Å². The Morgan fingerprint density at radius 3 is 2.80 bits per heavy atom. The van der Waals surface area contributed by atoms with Gasteiger partial charge in [-0.15, -0.1) is 23.7 Å². The molecule has 1 saturated heterocycles. The summed E-state index contributed by atoms with van der Waals surface area (Å²) < 4.78 is 5.65. The first-order chi connectivity index (χ1) is 9.15. The van der Waals surface area contributed by atoms with Crippen molar-refractivity contribution in [2.24, 2.45) is 0 Å². The summed E-state index contributed by atoms with van der Waals surface area (Å²) in [5.74, 6) is 1.78. The molecule has 3 rings (SSSR count). The van der Waals surface area contributed by atoms with Gasteiger partial charge in [-0.2, -0.15) is 0 Å². The summed E-state index contributed by atoms with van der Waals surface area (Å²) in [6.07, 6.45) is 2.63. The second kappa shape index (κ2) is 6.24. The molecule has 2 aromatic heterocycles. The van der Waals surface area contributed by atoms with E-state index in [4.69, 9.17) is 4.74 Å². The molecule has 6 heteroatoms. The van der Waals surface area contributed by atoms with Gasteiger partial charge in [-0.1, -0.05) is 0 Å². The summed E-state index contributed by atoms with van der Waals surface area (Å²) in [7, 11) is 0. The van der Waals surface area contributed by atoms with E-state index in [0.717, 1.165) is 36.0 Å². The number of nitrogens with one attached hydrogen (secondary N) is 1. The van der Waals surface area contributed by atoms with Gasteiger partial charge < -0.3 is 10.1 Å². The highest BCUT2D eigenvalue weighted by Crippen LogP contribution is 2.33. The van der Waals surface area contributed by atoms with E-state index < -0.39 is 0 Å². The van der Waals surface area contributed by atoms with E-state index >= 15 is 0 Å². The molecule has 1 N–H and O–H groups in total. The molecule has 0 amide bonds. The molecule has 20 heavy (non-hydrogen) atoms. The topological polar surface area (TPSA) is 47.0 Å². The minimum Gasteiger partial charge on any atom is -0.376 e. The van der Waals surface area contributed by atoms with E-state index in [1.807, 2.05) is 6.92 Å². The molecule has 3 heterocycles. The lowest BCUT2D eigenvalue weighted by Gasteiger charge is -2.12. The molecule has 0 bridgehead atoms. The van der Waals surface area contributed by atoms with Crippen LogP contribution in [0.4, 0.5) is 5.82 Å². The van der Waals surface area contributed by atoms with E-state index in [0.29, 0.717) is 6.10 Å². The Labute approximate surface area is 129 Å². The average Bonchev–Trinajstić information content (AvgIpc) is 2.96. The van der Waals surface area contributed by atoms with Gasteiger partial charge in [0.25, 0.3) is 0 Å². The number of rotatable bonds is 3. The number of nitrogens with zero attached hydrogens (tertiary/aromatic N) is 2. The molecule has 1 aliphatic rings. The van der Waals surface area contributed by atoms with Gasteiger partial charge in [-0.3, -0.25) is 0 Å². The van der Waals surface area contributed by atoms with Crippen molar-refractivity contribution in [1.82, 2.24) is 9.97 Å². The standard InChI is InChI=1S/C14H19N3OS.ClH/c1-8-9(2)19-14-12(8)13(16-10(3)17-14)15-7-11-5-4-6-18-11;/h11H,4-7H2,1-3H3,(H,15,16,17);1H. The number of thiophene rings is 1. The minimum absolute atomic E-state index is 0. The Balaban J connectivity index is 0.00000147. The van der Waals surface area contributed by atoms with Gasteiger partial charge in [0.1, 0.15) is 16.5 Å². The second-order valence-electron chi connectivity index (χ2n) is 5.10. The van der Waals surface area contributed by atoms with Crippen LogP contribution in [0.2, 0.25) is 0 Å². The van der Waals surface area contributed by atoms with Crippen LogP contribution in [0.1, 0.15) is 29.1 Å². The zero-order valence-corrected chi connectivity index (χ0v) is 13.7. The summed E-state index contributed by atoms with van der Waals surface area (Å²) >= 11 is 1.74. The van der Waals surface area contributed by atoms with Gasteiger partial charge in [0.2, 0.25) is 0 Å². The summed E-state index contributed by atoms with van der Waals surface area (Å²) in [6, 6.07) is 0. The van der Waals surface area contributed by atoms with E-state index in [2.05, 4.69) is 29.1 Å². The number of halogens is 1. The summed E-state index contributed by atoms with van der Waals surface area (Å²) in [6.45, 7) is 7.95. The van der Waals surface area contributed by atoms with Gasteiger partial charge in [0, 0.05) is 18.0 Å². The van der Waals surface area contributed by atoms with Crippen molar-refractivity contribution in [3.8, 4) is 0 Å². The molecule has 1 fully saturated rings. The van der Waals surface area contributed by atoms with Crippen molar-refractivity contribution in [2.45, 2.75) is 39.7 Å². The first-order valence-electron chi connectivity index (χ1n) is 6.75. The molecule has 1 unspecified atom stereocenters. The van der Waals surface area contributed by atoms with Gasteiger partial charge in [0.15, 0.2) is 0 Å². The van der Waals surface area contributed by atoms with Crippen LogP contribution in [-0.4, -0.2) is 29.2 Å². The molecule has 1 atom stereocenters. The highest BCUT2D eigenvalue weighted by Gasteiger charge is 2.17. The maximum atomic E-state index is 5.65.